The van der Waals surface area contributed by atoms with Crippen molar-refractivity contribution in [2.24, 2.45) is 0 Å². The number of H-pyrrole nitrogens is 1. The lowest BCUT2D eigenvalue weighted by Gasteiger charge is -2.12. The topological polar surface area (TPSA) is 50.8 Å². The minimum atomic E-state index is 0.722. The molecule has 0 unspecified atom stereocenters. The number of nitrogens with zero attached hydrogens (tertiary/aromatic N) is 2. The number of nitrogens with one attached hydrogen (secondary N) is 1. The number of hydrogen-bond acceptors (Lipinski definition) is 3. The Labute approximate surface area is 117 Å². The fraction of sp³-hybridized carbons (Fsp3) is 0.250. The molecule has 1 heterocycles. The van der Waals surface area contributed by atoms with Crippen molar-refractivity contribution in [1.29, 1.82) is 0 Å². The van der Waals surface area contributed by atoms with Crippen LogP contribution < -0.4 is 4.74 Å². The van der Waals surface area contributed by atoms with Crippen LogP contribution in [0.15, 0.2) is 42.6 Å². The number of unbranched alkanes of at least 4 members (excludes halogenated alkanes) is 1. The van der Waals surface area contributed by atoms with Gasteiger partial charge in [0.05, 0.1) is 18.4 Å². The summed E-state index contributed by atoms with van der Waals surface area (Å²) in [5.41, 5.74) is 1.82. The lowest BCUT2D eigenvalue weighted by Crippen LogP contribution is -1.98. The fourth-order valence-corrected chi connectivity index (χ4v) is 2.28. The van der Waals surface area contributed by atoms with E-state index in [0.717, 1.165) is 41.8 Å². The molecule has 3 aromatic rings. The number of ether oxygens (including phenoxy) is 1. The van der Waals surface area contributed by atoms with E-state index in [1.165, 1.54) is 5.39 Å². The maximum absolute atomic E-state index is 5.93. The molecular formula is C16H17N3O. The third-order valence-electron chi connectivity index (χ3n) is 3.32. The largest absolute Gasteiger partial charge is 0.493 e. The quantitative estimate of drug-likeness (QED) is 0.715. The highest BCUT2D eigenvalue weighted by Crippen LogP contribution is 2.35. The van der Waals surface area contributed by atoms with Gasteiger partial charge in [0.2, 0.25) is 0 Å². The molecule has 20 heavy (non-hydrogen) atoms. The summed E-state index contributed by atoms with van der Waals surface area (Å²) in [6.45, 7) is 2.88. The average Bonchev–Trinajstić information content (AvgIpc) is 3.01. The van der Waals surface area contributed by atoms with E-state index in [-0.39, 0.29) is 0 Å². The zero-order valence-electron chi connectivity index (χ0n) is 11.5. The third kappa shape index (κ3) is 2.37. The Hall–Kier alpha value is -2.36. The molecule has 0 fully saturated rings. The Morgan fingerprint density at radius 1 is 1.15 bits per heavy atom. The predicted octanol–water partition coefficient (Wildman–Crippen LogP) is 3.80. The van der Waals surface area contributed by atoms with Gasteiger partial charge in [-0.05, 0) is 23.3 Å². The maximum Gasteiger partial charge on any atom is 0.129 e. The fourth-order valence-electron chi connectivity index (χ4n) is 2.28. The van der Waals surface area contributed by atoms with Gasteiger partial charge in [0.25, 0.3) is 0 Å². The summed E-state index contributed by atoms with van der Waals surface area (Å²) < 4.78 is 5.93. The average molecular weight is 267 g/mol. The number of rotatable bonds is 5. The molecule has 0 radical (unpaired) electrons. The molecule has 0 aliphatic rings. The van der Waals surface area contributed by atoms with Gasteiger partial charge in [0, 0.05) is 0 Å². The summed E-state index contributed by atoms with van der Waals surface area (Å²) in [7, 11) is 0. The monoisotopic (exact) mass is 267 g/mol. The van der Waals surface area contributed by atoms with Crippen LogP contribution in [0.5, 0.6) is 5.75 Å². The van der Waals surface area contributed by atoms with E-state index < -0.39 is 0 Å². The summed E-state index contributed by atoms with van der Waals surface area (Å²) >= 11 is 0. The second-order valence-electron chi connectivity index (χ2n) is 4.72. The van der Waals surface area contributed by atoms with Crippen molar-refractivity contribution >= 4 is 10.8 Å². The lowest BCUT2D eigenvalue weighted by atomic mass is 10.0. The molecule has 0 atom stereocenters. The minimum absolute atomic E-state index is 0.722. The second-order valence-corrected chi connectivity index (χ2v) is 4.72. The van der Waals surface area contributed by atoms with Crippen molar-refractivity contribution in [2.75, 3.05) is 6.61 Å². The van der Waals surface area contributed by atoms with E-state index in [4.69, 9.17) is 4.74 Å². The van der Waals surface area contributed by atoms with Crippen molar-refractivity contribution in [3.8, 4) is 17.0 Å². The Balaban J connectivity index is 2.11. The first-order valence-electron chi connectivity index (χ1n) is 6.91. The van der Waals surface area contributed by atoms with Crippen LogP contribution in [-0.4, -0.2) is 22.0 Å². The molecule has 1 N–H and O–H groups in total. The molecule has 4 heteroatoms. The summed E-state index contributed by atoms with van der Waals surface area (Å²) in [6, 6.07) is 12.3. The van der Waals surface area contributed by atoms with Crippen LogP contribution >= 0.6 is 0 Å². The highest BCUT2D eigenvalue weighted by molar-refractivity contribution is 5.98. The first-order chi connectivity index (χ1) is 9.90. The molecule has 3 rings (SSSR count). The number of benzene rings is 2. The van der Waals surface area contributed by atoms with Gasteiger partial charge in [0.15, 0.2) is 0 Å². The zero-order chi connectivity index (χ0) is 13.8. The van der Waals surface area contributed by atoms with Crippen LogP contribution in [0.1, 0.15) is 19.8 Å². The molecule has 0 aliphatic heterocycles. The molecule has 0 saturated heterocycles. The van der Waals surface area contributed by atoms with E-state index >= 15 is 0 Å². The Bertz CT molecular complexity index is 692. The number of fused-ring (bicyclic) bond motifs is 1. The van der Waals surface area contributed by atoms with E-state index in [1.54, 1.807) is 6.20 Å². The predicted molar refractivity (Wildman–Crippen MR) is 79.7 cm³/mol. The highest BCUT2D eigenvalue weighted by Gasteiger charge is 2.13. The van der Waals surface area contributed by atoms with Gasteiger partial charge in [0.1, 0.15) is 11.4 Å². The zero-order valence-corrected chi connectivity index (χ0v) is 11.5. The first kappa shape index (κ1) is 12.7. The van der Waals surface area contributed by atoms with Gasteiger partial charge in [-0.3, -0.25) is 0 Å². The molecule has 1 aromatic heterocycles. The molecule has 0 saturated carbocycles. The SMILES string of the molecule is CCCCOc1ccc2ccccc2c1-c1cn[nH]n1. The standard InChI is InChI=1S/C16H17N3O/c1-2-3-10-20-15-9-8-12-6-4-5-7-13(12)16(15)14-11-17-19-18-14/h4-9,11H,2-3,10H2,1H3,(H,17,18,19). The summed E-state index contributed by atoms with van der Waals surface area (Å²) in [5, 5.41) is 13.1. The smallest absolute Gasteiger partial charge is 0.129 e. The Morgan fingerprint density at radius 2 is 2.05 bits per heavy atom. The van der Waals surface area contributed by atoms with E-state index in [9.17, 15) is 0 Å². The molecule has 0 aliphatic carbocycles. The van der Waals surface area contributed by atoms with Crippen LogP contribution in [-0.2, 0) is 0 Å². The Kier molecular flexibility index (Phi) is 3.63. The van der Waals surface area contributed by atoms with Crippen molar-refractivity contribution in [3.05, 3.63) is 42.6 Å². The minimum Gasteiger partial charge on any atom is -0.493 e. The van der Waals surface area contributed by atoms with E-state index in [0.29, 0.717) is 0 Å². The van der Waals surface area contributed by atoms with Gasteiger partial charge in [-0.2, -0.15) is 15.4 Å². The summed E-state index contributed by atoms with van der Waals surface area (Å²) in [5.74, 6) is 0.867. The van der Waals surface area contributed by atoms with Gasteiger partial charge in [-0.15, -0.1) is 0 Å². The van der Waals surface area contributed by atoms with E-state index in [2.05, 4.69) is 40.5 Å². The molecule has 2 aromatic carbocycles. The van der Waals surface area contributed by atoms with Crippen LogP contribution in [0.3, 0.4) is 0 Å². The third-order valence-corrected chi connectivity index (χ3v) is 3.32. The van der Waals surface area contributed by atoms with Gasteiger partial charge in [-0.25, -0.2) is 0 Å². The van der Waals surface area contributed by atoms with Crippen LogP contribution in [0.2, 0.25) is 0 Å². The van der Waals surface area contributed by atoms with Gasteiger partial charge >= 0.3 is 0 Å². The molecule has 0 bridgehead atoms. The number of aromatic amines is 1. The lowest BCUT2D eigenvalue weighted by molar-refractivity contribution is 0.311. The van der Waals surface area contributed by atoms with Gasteiger partial charge in [-0.1, -0.05) is 43.7 Å². The van der Waals surface area contributed by atoms with Crippen LogP contribution in [0, 0.1) is 0 Å². The van der Waals surface area contributed by atoms with Crippen molar-refractivity contribution < 1.29 is 4.74 Å². The van der Waals surface area contributed by atoms with E-state index in [1.807, 2.05) is 18.2 Å². The highest BCUT2D eigenvalue weighted by atomic mass is 16.5. The Morgan fingerprint density at radius 3 is 2.85 bits per heavy atom. The second kappa shape index (κ2) is 5.74. The normalized spacial score (nSPS) is 10.8. The molecule has 0 amide bonds. The van der Waals surface area contributed by atoms with Crippen LogP contribution in [0.25, 0.3) is 22.0 Å². The van der Waals surface area contributed by atoms with Crippen molar-refractivity contribution in [2.45, 2.75) is 19.8 Å². The number of hydrogen-bond donors (Lipinski definition) is 1. The van der Waals surface area contributed by atoms with Gasteiger partial charge < -0.3 is 4.74 Å². The van der Waals surface area contributed by atoms with Crippen LogP contribution in [0.4, 0.5) is 0 Å². The molecule has 4 nitrogen and oxygen atoms in total. The summed E-state index contributed by atoms with van der Waals surface area (Å²) in [6.07, 6.45) is 3.90. The molecule has 0 spiro atoms. The number of aromatic nitrogens is 3. The molecular weight excluding hydrogens is 250 g/mol. The first-order valence-corrected chi connectivity index (χ1v) is 6.91. The van der Waals surface area contributed by atoms with Crippen molar-refractivity contribution in [3.63, 3.8) is 0 Å². The maximum atomic E-state index is 5.93. The van der Waals surface area contributed by atoms with Crippen molar-refractivity contribution in [1.82, 2.24) is 15.4 Å². The summed E-state index contributed by atoms with van der Waals surface area (Å²) in [4.78, 5) is 0. The molecule has 102 valence electrons.